The number of aromatic nitrogens is 2. The standard InChI is InChI=1S/C11H15N5O3/c1-4-6-12-9(17)7-13-11-10(16(18)19)8(5-2)14-15(11)3/h1,13H,5-7H2,2-3H3,(H,12,17). The molecule has 0 bridgehead atoms. The molecule has 0 radical (unpaired) electrons. The molecule has 1 aromatic rings. The summed E-state index contributed by atoms with van der Waals surface area (Å²) in [6, 6.07) is 0. The van der Waals surface area contributed by atoms with Crippen molar-refractivity contribution in [3.63, 3.8) is 0 Å². The molecule has 0 spiro atoms. The molecule has 0 aliphatic heterocycles. The smallest absolute Gasteiger partial charge is 0.333 e. The van der Waals surface area contributed by atoms with Crippen molar-refractivity contribution in [2.24, 2.45) is 7.05 Å². The second kappa shape index (κ2) is 6.39. The van der Waals surface area contributed by atoms with Gasteiger partial charge in [0, 0.05) is 7.05 Å². The first-order valence-corrected chi connectivity index (χ1v) is 5.65. The predicted molar refractivity (Wildman–Crippen MR) is 69.6 cm³/mol. The van der Waals surface area contributed by atoms with Gasteiger partial charge in [-0.15, -0.1) is 6.42 Å². The van der Waals surface area contributed by atoms with E-state index in [2.05, 4.69) is 21.7 Å². The van der Waals surface area contributed by atoms with E-state index >= 15 is 0 Å². The number of anilines is 1. The van der Waals surface area contributed by atoms with E-state index in [-0.39, 0.29) is 30.5 Å². The number of nitrogens with zero attached hydrogens (tertiary/aromatic N) is 3. The van der Waals surface area contributed by atoms with Gasteiger partial charge in [-0.05, 0) is 6.42 Å². The highest BCUT2D eigenvalue weighted by molar-refractivity contribution is 5.81. The molecule has 1 rings (SSSR count). The summed E-state index contributed by atoms with van der Waals surface area (Å²) in [6.07, 6.45) is 5.44. The highest BCUT2D eigenvalue weighted by atomic mass is 16.6. The van der Waals surface area contributed by atoms with Crippen LogP contribution in [0.4, 0.5) is 11.5 Å². The molecule has 0 aliphatic rings. The third-order valence-corrected chi connectivity index (χ3v) is 2.41. The topological polar surface area (TPSA) is 102 Å². The van der Waals surface area contributed by atoms with Gasteiger partial charge in [-0.3, -0.25) is 14.9 Å². The minimum atomic E-state index is -0.506. The minimum Gasteiger partial charge on any atom is -0.355 e. The monoisotopic (exact) mass is 265 g/mol. The van der Waals surface area contributed by atoms with Crippen molar-refractivity contribution < 1.29 is 9.72 Å². The van der Waals surface area contributed by atoms with Crippen molar-refractivity contribution in [3.8, 4) is 12.3 Å². The lowest BCUT2D eigenvalue weighted by molar-refractivity contribution is -0.384. The van der Waals surface area contributed by atoms with Gasteiger partial charge in [-0.2, -0.15) is 5.10 Å². The third kappa shape index (κ3) is 3.45. The number of carbonyl (C=O) groups is 1. The summed E-state index contributed by atoms with van der Waals surface area (Å²) in [5.74, 6) is 2.13. The summed E-state index contributed by atoms with van der Waals surface area (Å²) in [5.41, 5.74) is 0.272. The summed E-state index contributed by atoms with van der Waals surface area (Å²) >= 11 is 0. The summed E-state index contributed by atoms with van der Waals surface area (Å²) in [4.78, 5) is 21.9. The van der Waals surface area contributed by atoms with Gasteiger partial charge in [0.25, 0.3) is 0 Å². The number of nitro groups is 1. The molecule has 8 nitrogen and oxygen atoms in total. The van der Waals surface area contributed by atoms with E-state index in [9.17, 15) is 14.9 Å². The van der Waals surface area contributed by atoms with Crippen molar-refractivity contribution in [1.29, 1.82) is 0 Å². The van der Waals surface area contributed by atoms with E-state index in [4.69, 9.17) is 6.42 Å². The van der Waals surface area contributed by atoms with Crippen LogP contribution in [0, 0.1) is 22.5 Å². The Hall–Kier alpha value is -2.56. The highest BCUT2D eigenvalue weighted by Crippen LogP contribution is 2.27. The molecule has 1 heterocycles. The van der Waals surface area contributed by atoms with Crippen LogP contribution >= 0.6 is 0 Å². The summed E-state index contributed by atoms with van der Waals surface area (Å²) in [5, 5.41) is 20.2. The number of terminal acetylenes is 1. The van der Waals surface area contributed by atoms with Crippen molar-refractivity contribution in [2.75, 3.05) is 18.4 Å². The van der Waals surface area contributed by atoms with Crippen LogP contribution in [0.1, 0.15) is 12.6 Å². The number of rotatable bonds is 6. The molecule has 0 fully saturated rings. The molecule has 0 aliphatic carbocycles. The molecular formula is C11H15N5O3. The summed E-state index contributed by atoms with van der Waals surface area (Å²) in [6.45, 7) is 1.79. The Labute approximate surface area is 110 Å². The Morgan fingerprint density at radius 3 is 2.84 bits per heavy atom. The fourth-order valence-electron chi connectivity index (χ4n) is 1.57. The van der Waals surface area contributed by atoms with Crippen molar-refractivity contribution >= 4 is 17.4 Å². The third-order valence-electron chi connectivity index (χ3n) is 2.41. The molecular weight excluding hydrogens is 250 g/mol. The van der Waals surface area contributed by atoms with E-state index in [1.54, 1.807) is 14.0 Å². The van der Waals surface area contributed by atoms with Crippen LogP contribution in [0.15, 0.2) is 0 Å². The maximum absolute atomic E-state index is 11.4. The molecule has 0 atom stereocenters. The lowest BCUT2D eigenvalue weighted by atomic mass is 10.3. The first-order valence-electron chi connectivity index (χ1n) is 5.65. The fourth-order valence-corrected chi connectivity index (χ4v) is 1.57. The molecule has 19 heavy (non-hydrogen) atoms. The van der Waals surface area contributed by atoms with E-state index < -0.39 is 4.92 Å². The number of nitrogens with one attached hydrogen (secondary N) is 2. The van der Waals surface area contributed by atoms with E-state index in [1.807, 2.05) is 0 Å². The summed E-state index contributed by atoms with van der Waals surface area (Å²) < 4.78 is 1.35. The molecule has 8 heteroatoms. The average Bonchev–Trinajstić information content (AvgIpc) is 2.70. The first-order chi connectivity index (χ1) is 9.01. The number of carbonyl (C=O) groups excluding carboxylic acids is 1. The Morgan fingerprint density at radius 2 is 2.32 bits per heavy atom. The number of aryl methyl sites for hydroxylation is 2. The number of amides is 1. The van der Waals surface area contributed by atoms with Crippen molar-refractivity contribution in [3.05, 3.63) is 15.8 Å². The Balaban J connectivity index is 2.84. The Bertz CT molecular complexity index is 529. The zero-order valence-corrected chi connectivity index (χ0v) is 10.8. The number of hydrogen-bond acceptors (Lipinski definition) is 5. The SMILES string of the molecule is C#CCNC(=O)CNc1c([N+](=O)[O-])c(CC)nn1C. The van der Waals surface area contributed by atoms with Gasteiger partial charge in [0.1, 0.15) is 5.69 Å². The zero-order chi connectivity index (χ0) is 14.4. The van der Waals surface area contributed by atoms with Gasteiger partial charge in [-0.25, -0.2) is 4.68 Å². The van der Waals surface area contributed by atoms with Crippen LogP contribution in [0.3, 0.4) is 0 Å². The maximum Gasteiger partial charge on any atom is 0.333 e. The van der Waals surface area contributed by atoms with Crippen LogP contribution in [0.5, 0.6) is 0 Å². The molecule has 0 aromatic carbocycles. The largest absolute Gasteiger partial charge is 0.355 e. The second-order valence-electron chi connectivity index (χ2n) is 3.71. The van der Waals surface area contributed by atoms with Crippen molar-refractivity contribution in [1.82, 2.24) is 15.1 Å². The van der Waals surface area contributed by atoms with E-state index in [0.717, 1.165) is 0 Å². The molecule has 0 saturated carbocycles. The lowest BCUT2D eigenvalue weighted by Crippen LogP contribution is -2.30. The maximum atomic E-state index is 11.4. The van der Waals surface area contributed by atoms with Gasteiger partial charge in [0.15, 0.2) is 0 Å². The van der Waals surface area contributed by atoms with Crippen LogP contribution < -0.4 is 10.6 Å². The van der Waals surface area contributed by atoms with Crippen LogP contribution in [0.2, 0.25) is 0 Å². The van der Waals surface area contributed by atoms with Gasteiger partial charge < -0.3 is 10.6 Å². The van der Waals surface area contributed by atoms with E-state index in [0.29, 0.717) is 12.1 Å². The lowest BCUT2D eigenvalue weighted by Gasteiger charge is -2.05. The van der Waals surface area contributed by atoms with Gasteiger partial charge in [-0.1, -0.05) is 12.8 Å². The molecule has 1 aromatic heterocycles. The van der Waals surface area contributed by atoms with Gasteiger partial charge in [0.05, 0.1) is 18.0 Å². The highest BCUT2D eigenvalue weighted by Gasteiger charge is 2.25. The van der Waals surface area contributed by atoms with Gasteiger partial charge in [0.2, 0.25) is 11.7 Å². The van der Waals surface area contributed by atoms with Crippen molar-refractivity contribution in [2.45, 2.75) is 13.3 Å². The molecule has 1 amide bonds. The fraction of sp³-hybridized carbons (Fsp3) is 0.455. The second-order valence-corrected chi connectivity index (χ2v) is 3.71. The summed E-state index contributed by atoms with van der Waals surface area (Å²) in [7, 11) is 1.58. The number of hydrogen-bond donors (Lipinski definition) is 2. The molecule has 102 valence electrons. The van der Waals surface area contributed by atoms with Crippen LogP contribution in [0.25, 0.3) is 0 Å². The molecule has 0 unspecified atom stereocenters. The van der Waals surface area contributed by atoms with Gasteiger partial charge >= 0.3 is 5.69 Å². The Morgan fingerprint density at radius 1 is 1.63 bits per heavy atom. The molecule has 2 N–H and O–H groups in total. The van der Waals surface area contributed by atoms with E-state index in [1.165, 1.54) is 4.68 Å². The zero-order valence-electron chi connectivity index (χ0n) is 10.8. The quantitative estimate of drug-likeness (QED) is 0.430. The average molecular weight is 265 g/mol. The molecule has 0 saturated heterocycles. The van der Waals surface area contributed by atoms with Crippen LogP contribution in [-0.2, 0) is 18.3 Å². The first kappa shape index (κ1) is 14.5. The Kier molecular flexibility index (Phi) is 4.88. The predicted octanol–water partition coefficient (Wildman–Crippen LogP) is 0.0520. The van der Waals surface area contributed by atoms with Crippen LogP contribution in [-0.4, -0.2) is 33.7 Å². The normalized spacial score (nSPS) is 9.74. The minimum absolute atomic E-state index is 0.102.